The Morgan fingerprint density at radius 3 is 2.85 bits per heavy atom. The molecule has 1 aromatic carbocycles. The fraction of sp³-hybridized carbons (Fsp3) is 0.267. The highest BCUT2D eigenvalue weighted by molar-refractivity contribution is 7.09. The maximum absolute atomic E-state index is 12.7. The fourth-order valence-electron chi connectivity index (χ4n) is 2.19. The zero-order valence-electron chi connectivity index (χ0n) is 10.9. The number of benzene rings is 1. The number of hydrogen-bond donors (Lipinski definition) is 1. The summed E-state index contributed by atoms with van der Waals surface area (Å²) in [6.45, 7) is 0.646. The van der Waals surface area contributed by atoms with E-state index in [9.17, 15) is 4.79 Å². The van der Waals surface area contributed by atoms with E-state index in [0.29, 0.717) is 28.9 Å². The van der Waals surface area contributed by atoms with Gasteiger partial charge >= 0.3 is 0 Å². The summed E-state index contributed by atoms with van der Waals surface area (Å²) in [4.78, 5) is 15.8. The first-order valence-corrected chi connectivity index (χ1v) is 7.79. The molecule has 5 heteroatoms. The summed E-state index contributed by atoms with van der Waals surface area (Å²) in [5.41, 5.74) is 6.90. The van der Waals surface area contributed by atoms with Crippen LogP contribution in [0.5, 0.6) is 0 Å². The molecule has 1 aromatic heterocycles. The number of anilines is 1. The van der Waals surface area contributed by atoms with E-state index in [1.165, 1.54) is 4.88 Å². The Bertz CT molecular complexity index is 623. The van der Waals surface area contributed by atoms with Crippen LogP contribution in [-0.4, -0.2) is 16.8 Å². The van der Waals surface area contributed by atoms with Gasteiger partial charge in [0.25, 0.3) is 5.91 Å². The number of carbonyl (C=O) groups is 1. The lowest BCUT2D eigenvalue weighted by atomic mass is 10.1. The zero-order chi connectivity index (χ0) is 14.1. The van der Waals surface area contributed by atoms with Gasteiger partial charge < -0.3 is 10.6 Å². The Morgan fingerprint density at radius 1 is 1.40 bits per heavy atom. The first-order valence-electron chi connectivity index (χ1n) is 6.53. The van der Waals surface area contributed by atoms with Gasteiger partial charge in [-0.25, -0.2) is 0 Å². The third-order valence-corrected chi connectivity index (χ3v) is 4.50. The monoisotopic (exact) mass is 306 g/mol. The van der Waals surface area contributed by atoms with Crippen LogP contribution in [0.25, 0.3) is 0 Å². The number of nitrogens with two attached hydrogens (primary N) is 1. The third-order valence-electron chi connectivity index (χ3n) is 3.40. The van der Waals surface area contributed by atoms with E-state index < -0.39 is 0 Å². The molecule has 2 N–H and O–H groups in total. The van der Waals surface area contributed by atoms with Crippen LogP contribution in [0.15, 0.2) is 35.7 Å². The van der Waals surface area contributed by atoms with Gasteiger partial charge in [-0.2, -0.15) is 0 Å². The Morgan fingerprint density at radius 2 is 2.20 bits per heavy atom. The molecule has 2 aromatic rings. The van der Waals surface area contributed by atoms with Crippen LogP contribution in [0.4, 0.5) is 5.69 Å². The molecule has 3 rings (SSSR count). The standard InChI is InChI=1S/C15H15ClN2OS/c16-10-3-6-14(17)13(8-10)15(19)18(11-4-5-11)9-12-2-1-7-20-12/h1-3,6-8,11H,4-5,9,17H2. The molecular formula is C15H15ClN2OS. The smallest absolute Gasteiger partial charge is 0.256 e. The predicted molar refractivity (Wildman–Crippen MR) is 83.1 cm³/mol. The Hall–Kier alpha value is -1.52. The van der Waals surface area contributed by atoms with E-state index >= 15 is 0 Å². The first-order chi connectivity index (χ1) is 9.65. The van der Waals surface area contributed by atoms with E-state index in [1.54, 1.807) is 29.5 Å². The van der Waals surface area contributed by atoms with Gasteiger partial charge in [-0.3, -0.25) is 4.79 Å². The van der Waals surface area contributed by atoms with Crippen molar-refractivity contribution in [3.63, 3.8) is 0 Å². The van der Waals surface area contributed by atoms with Crippen molar-refractivity contribution >= 4 is 34.5 Å². The van der Waals surface area contributed by atoms with Crippen LogP contribution in [-0.2, 0) is 6.54 Å². The Kier molecular flexibility index (Phi) is 3.68. The number of nitrogen functional groups attached to an aromatic ring is 1. The molecular weight excluding hydrogens is 292 g/mol. The second-order valence-corrected chi connectivity index (χ2v) is 6.44. The third kappa shape index (κ3) is 2.81. The molecule has 1 amide bonds. The van der Waals surface area contributed by atoms with Crippen molar-refractivity contribution in [3.05, 3.63) is 51.2 Å². The minimum Gasteiger partial charge on any atom is -0.398 e. The highest BCUT2D eigenvalue weighted by Crippen LogP contribution is 2.32. The van der Waals surface area contributed by atoms with E-state index in [1.807, 2.05) is 16.3 Å². The number of carbonyl (C=O) groups excluding carboxylic acids is 1. The van der Waals surface area contributed by atoms with Gasteiger partial charge in [0, 0.05) is 21.6 Å². The SMILES string of the molecule is Nc1ccc(Cl)cc1C(=O)N(Cc1cccs1)C1CC1. The predicted octanol–water partition coefficient (Wildman–Crippen LogP) is 3.79. The van der Waals surface area contributed by atoms with Gasteiger partial charge in [-0.15, -0.1) is 11.3 Å². The van der Waals surface area contributed by atoms with E-state index in [-0.39, 0.29) is 5.91 Å². The number of amides is 1. The molecule has 1 fully saturated rings. The van der Waals surface area contributed by atoms with Crippen LogP contribution < -0.4 is 5.73 Å². The zero-order valence-corrected chi connectivity index (χ0v) is 12.5. The van der Waals surface area contributed by atoms with Crippen molar-refractivity contribution in [2.75, 3.05) is 5.73 Å². The first kappa shape index (κ1) is 13.5. The van der Waals surface area contributed by atoms with Crippen molar-refractivity contribution in [3.8, 4) is 0 Å². The van der Waals surface area contributed by atoms with Crippen molar-refractivity contribution in [2.45, 2.75) is 25.4 Å². The van der Waals surface area contributed by atoms with Gasteiger partial charge in [-0.1, -0.05) is 17.7 Å². The highest BCUT2D eigenvalue weighted by Gasteiger charge is 2.33. The summed E-state index contributed by atoms with van der Waals surface area (Å²) >= 11 is 7.64. The molecule has 1 aliphatic carbocycles. The molecule has 20 heavy (non-hydrogen) atoms. The molecule has 0 saturated heterocycles. The number of thiophene rings is 1. The summed E-state index contributed by atoms with van der Waals surface area (Å²) in [6, 6.07) is 9.43. The lowest BCUT2D eigenvalue weighted by Gasteiger charge is -2.22. The lowest BCUT2D eigenvalue weighted by molar-refractivity contribution is 0.0733. The molecule has 1 aliphatic rings. The number of nitrogens with zero attached hydrogens (tertiary/aromatic N) is 1. The van der Waals surface area contributed by atoms with Crippen molar-refractivity contribution in [1.82, 2.24) is 4.90 Å². The summed E-state index contributed by atoms with van der Waals surface area (Å²) in [5.74, 6) is -0.0269. The highest BCUT2D eigenvalue weighted by atomic mass is 35.5. The summed E-state index contributed by atoms with van der Waals surface area (Å²) < 4.78 is 0. The molecule has 104 valence electrons. The van der Waals surface area contributed by atoms with Crippen molar-refractivity contribution in [2.24, 2.45) is 0 Å². The van der Waals surface area contributed by atoms with Crippen LogP contribution in [0, 0.1) is 0 Å². The molecule has 0 radical (unpaired) electrons. The molecule has 0 atom stereocenters. The van der Waals surface area contributed by atoms with Gasteiger partial charge in [-0.05, 0) is 42.5 Å². The van der Waals surface area contributed by atoms with Crippen LogP contribution in [0.2, 0.25) is 5.02 Å². The minimum atomic E-state index is -0.0269. The number of rotatable bonds is 4. The van der Waals surface area contributed by atoms with Gasteiger partial charge in [0.05, 0.1) is 12.1 Å². The topological polar surface area (TPSA) is 46.3 Å². The molecule has 1 heterocycles. The fourth-order valence-corrected chi connectivity index (χ4v) is 3.07. The van der Waals surface area contributed by atoms with Gasteiger partial charge in [0.2, 0.25) is 0 Å². The average Bonchev–Trinajstić information content (AvgIpc) is 3.15. The quantitative estimate of drug-likeness (QED) is 0.874. The lowest BCUT2D eigenvalue weighted by Crippen LogP contribution is -2.32. The average molecular weight is 307 g/mol. The maximum Gasteiger partial charge on any atom is 0.256 e. The Balaban J connectivity index is 1.87. The number of hydrogen-bond acceptors (Lipinski definition) is 3. The van der Waals surface area contributed by atoms with Crippen LogP contribution >= 0.6 is 22.9 Å². The normalized spacial score (nSPS) is 14.2. The van der Waals surface area contributed by atoms with Gasteiger partial charge in [0.1, 0.15) is 0 Å². The largest absolute Gasteiger partial charge is 0.398 e. The second-order valence-electron chi connectivity index (χ2n) is 4.98. The molecule has 0 aliphatic heterocycles. The minimum absolute atomic E-state index is 0.0269. The van der Waals surface area contributed by atoms with Crippen molar-refractivity contribution < 1.29 is 4.79 Å². The van der Waals surface area contributed by atoms with E-state index in [4.69, 9.17) is 17.3 Å². The molecule has 0 unspecified atom stereocenters. The molecule has 0 bridgehead atoms. The van der Waals surface area contributed by atoms with Crippen LogP contribution in [0.1, 0.15) is 28.1 Å². The summed E-state index contributed by atoms with van der Waals surface area (Å²) in [6.07, 6.45) is 2.13. The number of halogens is 1. The van der Waals surface area contributed by atoms with Gasteiger partial charge in [0.15, 0.2) is 0 Å². The molecule has 3 nitrogen and oxygen atoms in total. The molecule has 1 saturated carbocycles. The summed E-state index contributed by atoms with van der Waals surface area (Å²) in [7, 11) is 0. The Labute approximate surface area is 127 Å². The molecule has 0 spiro atoms. The van der Waals surface area contributed by atoms with Crippen molar-refractivity contribution in [1.29, 1.82) is 0 Å². The van der Waals surface area contributed by atoms with E-state index in [2.05, 4.69) is 6.07 Å². The van der Waals surface area contributed by atoms with Crippen LogP contribution in [0.3, 0.4) is 0 Å². The summed E-state index contributed by atoms with van der Waals surface area (Å²) in [5, 5.41) is 2.56. The second kappa shape index (κ2) is 5.46. The van der Waals surface area contributed by atoms with E-state index in [0.717, 1.165) is 12.8 Å². The maximum atomic E-state index is 12.7.